The summed E-state index contributed by atoms with van der Waals surface area (Å²) in [5.41, 5.74) is 1.15. The lowest BCUT2D eigenvalue weighted by Gasteiger charge is -2.26. The maximum atomic E-state index is 12.8. The lowest BCUT2D eigenvalue weighted by molar-refractivity contribution is -0.135. The maximum absolute atomic E-state index is 12.8. The predicted molar refractivity (Wildman–Crippen MR) is 107 cm³/mol. The molecule has 5 heteroatoms. The molecule has 1 atom stereocenters. The van der Waals surface area contributed by atoms with E-state index in [2.05, 4.69) is 34.9 Å². The van der Waals surface area contributed by atoms with Crippen molar-refractivity contribution in [3.8, 4) is 0 Å². The minimum Gasteiger partial charge on any atom is -0.356 e. The number of carbonyl (C=O) groups excluding carboxylic acids is 2. The van der Waals surface area contributed by atoms with Crippen LogP contribution in [0.1, 0.15) is 50.1 Å². The topological polar surface area (TPSA) is 61.4 Å². The molecule has 2 N–H and O–H groups in total. The fourth-order valence-electron chi connectivity index (χ4n) is 3.86. The van der Waals surface area contributed by atoms with Gasteiger partial charge in [0.1, 0.15) is 0 Å². The summed E-state index contributed by atoms with van der Waals surface area (Å²) >= 11 is 0. The fraction of sp³-hybridized carbons (Fsp3) is 0.545. The van der Waals surface area contributed by atoms with E-state index in [0.717, 1.165) is 57.3 Å². The van der Waals surface area contributed by atoms with E-state index in [-0.39, 0.29) is 23.8 Å². The van der Waals surface area contributed by atoms with Crippen LogP contribution in [0.25, 0.3) is 0 Å². The van der Waals surface area contributed by atoms with Gasteiger partial charge in [-0.15, -0.1) is 0 Å². The van der Waals surface area contributed by atoms with Gasteiger partial charge in [-0.05, 0) is 44.2 Å². The van der Waals surface area contributed by atoms with Gasteiger partial charge in [0.15, 0.2) is 0 Å². The molecule has 146 valence electrons. The largest absolute Gasteiger partial charge is 0.356 e. The van der Waals surface area contributed by atoms with E-state index in [1.807, 2.05) is 23.1 Å². The number of nitrogens with zero attached hydrogens (tertiary/aromatic N) is 1. The van der Waals surface area contributed by atoms with Crippen LogP contribution in [-0.2, 0) is 9.59 Å². The van der Waals surface area contributed by atoms with Crippen molar-refractivity contribution in [3.63, 3.8) is 0 Å². The Morgan fingerprint density at radius 3 is 2.48 bits per heavy atom. The summed E-state index contributed by atoms with van der Waals surface area (Å²) in [7, 11) is 0. The highest BCUT2D eigenvalue weighted by molar-refractivity contribution is 5.79. The fourth-order valence-corrected chi connectivity index (χ4v) is 3.86. The average molecular weight is 370 g/mol. The lowest BCUT2D eigenvalue weighted by Crippen LogP contribution is -2.38. The first-order valence-electron chi connectivity index (χ1n) is 10.2. The van der Waals surface area contributed by atoms with E-state index in [9.17, 15) is 9.59 Å². The van der Waals surface area contributed by atoms with Crippen LogP contribution in [0.2, 0.25) is 0 Å². The number of nitrogens with one attached hydrogen (secondary N) is 2. The quantitative estimate of drug-likeness (QED) is 0.788. The number of benzene rings is 1. The maximum Gasteiger partial charge on any atom is 0.226 e. The zero-order valence-electron chi connectivity index (χ0n) is 16.0. The van der Waals surface area contributed by atoms with E-state index in [1.54, 1.807) is 0 Å². The van der Waals surface area contributed by atoms with Gasteiger partial charge in [0.25, 0.3) is 0 Å². The van der Waals surface area contributed by atoms with Crippen molar-refractivity contribution in [2.24, 2.45) is 5.92 Å². The third-order valence-electron chi connectivity index (χ3n) is 5.43. The molecular formula is C22H31N3O2. The van der Waals surface area contributed by atoms with Crippen molar-refractivity contribution in [3.05, 3.63) is 48.0 Å². The summed E-state index contributed by atoms with van der Waals surface area (Å²) in [5, 5.41) is 6.55. The molecule has 1 unspecified atom stereocenters. The summed E-state index contributed by atoms with van der Waals surface area (Å²) in [6, 6.07) is 10.2. The van der Waals surface area contributed by atoms with Gasteiger partial charge in [-0.2, -0.15) is 0 Å². The molecule has 1 aromatic rings. The van der Waals surface area contributed by atoms with E-state index < -0.39 is 0 Å². The van der Waals surface area contributed by atoms with Gasteiger partial charge < -0.3 is 15.5 Å². The van der Waals surface area contributed by atoms with Gasteiger partial charge in [0, 0.05) is 38.0 Å². The third-order valence-corrected chi connectivity index (χ3v) is 5.43. The number of hydrogen-bond acceptors (Lipinski definition) is 3. The van der Waals surface area contributed by atoms with E-state index in [1.165, 1.54) is 0 Å². The molecule has 27 heavy (non-hydrogen) atoms. The van der Waals surface area contributed by atoms with Gasteiger partial charge in [0.2, 0.25) is 11.8 Å². The first kappa shape index (κ1) is 19.6. The molecule has 1 aliphatic carbocycles. The molecular weight excluding hydrogens is 338 g/mol. The highest BCUT2D eigenvalue weighted by Gasteiger charge is 2.24. The van der Waals surface area contributed by atoms with Gasteiger partial charge >= 0.3 is 0 Å². The van der Waals surface area contributed by atoms with Gasteiger partial charge in [-0.1, -0.05) is 42.5 Å². The van der Waals surface area contributed by atoms with Crippen LogP contribution >= 0.6 is 0 Å². The van der Waals surface area contributed by atoms with Crippen molar-refractivity contribution in [2.75, 3.05) is 26.2 Å². The molecule has 0 radical (unpaired) electrons. The normalized spacial score (nSPS) is 23.2. The van der Waals surface area contributed by atoms with Crippen LogP contribution in [0.15, 0.2) is 42.5 Å². The van der Waals surface area contributed by atoms with Crippen LogP contribution < -0.4 is 10.6 Å². The van der Waals surface area contributed by atoms with Crippen molar-refractivity contribution in [2.45, 2.75) is 44.6 Å². The van der Waals surface area contributed by atoms with Crippen LogP contribution in [-0.4, -0.2) is 42.9 Å². The van der Waals surface area contributed by atoms with Gasteiger partial charge in [-0.3, -0.25) is 9.59 Å². The van der Waals surface area contributed by atoms with Crippen LogP contribution in [0.5, 0.6) is 0 Å². The number of allylic oxidation sites excluding steroid dienone is 2. The number of carbonyl (C=O) groups is 2. The zero-order valence-corrected chi connectivity index (χ0v) is 16.0. The first-order valence-corrected chi connectivity index (χ1v) is 10.2. The molecule has 3 rings (SSSR count). The van der Waals surface area contributed by atoms with Crippen LogP contribution in [0.4, 0.5) is 0 Å². The summed E-state index contributed by atoms with van der Waals surface area (Å²) in [5.74, 6) is 0.459. The molecule has 1 saturated heterocycles. The Labute approximate surface area is 162 Å². The van der Waals surface area contributed by atoms with Crippen LogP contribution in [0.3, 0.4) is 0 Å². The molecule has 0 aromatic heterocycles. The van der Waals surface area contributed by atoms with E-state index >= 15 is 0 Å². The Balaban J connectivity index is 1.58. The first-order chi connectivity index (χ1) is 13.2. The molecule has 0 saturated carbocycles. The van der Waals surface area contributed by atoms with Crippen molar-refractivity contribution < 1.29 is 9.59 Å². The molecule has 1 aliphatic heterocycles. The average Bonchev–Trinajstić information content (AvgIpc) is 3.23. The standard InChI is InChI=1S/C22H31N3O2/c26-21-17-20(18-9-2-1-3-10-18)23-13-6-7-15-25(16-8-14-24-21)22(27)19-11-4-5-12-19/h1-5,9-10,19-20,23H,6-8,11-17H2,(H,24,26). The molecule has 1 fully saturated rings. The summed E-state index contributed by atoms with van der Waals surface area (Å²) < 4.78 is 0. The molecule has 1 aromatic carbocycles. The SMILES string of the molecule is O=C1CC(c2ccccc2)NCCCCN(C(=O)C2CC=CC2)CCCN1. The molecule has 2 amide bonds. The van der Waals surface area contributed by atoms with Crippen LogP contribution in [0, 0.1) is 5.92 Å². The second-order valence-corrected chi connectivity index (χ2v) is 7.50. The second-order valence-electron chi connectivity index (χ2n) is 7.50. The number of amides is 2. The Hall–Kier alpha value is -2.14. The highest BCUT2D eigenvalue weighted by Crippen LogP contribution is 2.21. The van der Waals surface area contributed by atoms with E-state index in [0.29, 0.717) is 13.0 Å². The van der Waals surface area contributed by atoms with Gasteiger partial charge in [0.05, 0.1) is 0 Å². The Morgan fingerprint density at radius 2 is 1.70 bits per heavy atom. The lowest BCUT2D eigenvalue weighted by atomic mass is 10.0. The van der Waals surface area contributed by atoms with Crippen molar-refractivity contribution in [1.82, 2.24) is 15.5 Å². The van der Waals surface area contributed by atoms with E-state index in [4.69, 9.17) is 0 Å². The highest BCUT2D eigenvalue weighted by atomic mass is 16.2. The zero-order chi connectivity index (χ0) is 18.9. The van der Waals surface area contributed by atoms with Crippen molar-refractivity contribution >= 4 is 11.8 Å². The molecule has 0 spiro atoms. The summed E-state index contributed by atoms with van der Waals surface area (Å²) in [6.45, 7) is 3.00. The molecule has 1 heterocycles. The third kappa shape index (κ3) is 5.93. The number of rotatable bonds is 2. The minimum absolute atomic E-state index is 0.0363. The minimum atomic E-state index is 0.0363. The monoisotopic (exact) mass is 369 g/mol. The number of hydrogen-bond donors (Lipinski definition) is 2. The Bertz CT molecular complexity index is 636. The predicted octanol–water partition coefficient (Wildman–Crippen LogP) is 2.80. The smallest absolute Gasteiger partial charge is 0.226 e. The molecule has 5 nitrogen and oxygen atoms in total. The second kappa shape index (κ2) is 10.3. The Kier molecular flexibility index (Phi) is 7.45. The van der Waals surface area contributed by atoms with Gasteiger partial charge in [-0.25, -0.2) is 0 Å². The molecule has 0 bridgehead atoms. The summed E-state index contributed by atoms with van der Waals surface area (Å²) in [4.78, 5) is 27.1. The van der Waals surface area contributed by atoms with Crippen molar-refractivity contribution in [1.29, 1.82) is 0 Å². The summed E-state index contributed by atoms with van der Waals surface area (Å²) in [6.07, 6.45) is 9.19. The molecule has 2 aliphatic rings. The Morgan fingerprint density at radius 1 is 0.963 bits per heavy atom.